The quantitative estimate of drug-likeness (QED) is 0.836. The summed E-state index contributed by atoms with van der Waals surface area (Å²) in [4.78, 5) is 29.6. The number of aromatic nitrogens is 1. The molecule has 1 aliphatic heterocycles. The summed E-state index contributed by atoms with van der Waals surface area (Å²) in [6, 6.07) is -0.213. The minimum atomic E-state index is -0.417. The molecule has 1 amide bonds. The number of anilines is 1. The number of amides is 1. The Labute approximate surface area is 115 Å². The molecule has 1 unspecified atom stereocenters. The number of carbonyl (C=O) groups excluding carboxylic acids is 2. The van der Waals surface area contributed by atoms with E-state index in [1.54, 1.807) is 12.3 Å². The van der Waals surface area contributed by atoms with Crippen molar-refractivity contribution in [3.63, 3.8) is 0 Å². The summed E-state index contributed by atoms with van der Waals surface area (Å²) < 4.78 is 4.91. The highest BCUT2D eigenvalue weighted by atomic mass is 32.1. The van der Waals surface area contributed by atoms with E-state index in [0.717, 1.165) is 0 Å². The molecule has 19 heavy (non-hydrogen) atoms. The van der Waals surface area contributed by atoms with Crippen LogP contribution in [0.15, 0.2) is 5.38 Å². The first-order valence-corrected chi connectivity index (χ1v) is 7.22. The summed E-state index contributed by atoms with van der Waals surface area (Å²) in [7, 11) is 0. The van der Waals surface area contributed by atoms with Crippen LogP contribution in [0.3, 0.4) is 0 Å². The highest BCUT2D eigenvalue weighted by molar-refractivity contribution is 7.14. The summed E-state index contributed by atoms with van der Waals surface area (Å²) in [6.07, 6.45) is 0.708. The Kier molecular flexibility index (Phi) is 4.36. The molecule has 1 aromatic rings. The number of nitrogens with zero attached hydrogens (tertiary/aromatic N) is 2. The fourth-order valence-electron chi connectivity index (χ4n) is 2.04. The summed E-state index contributed by atoms with van der Waals surface area (Å²) in [6.45, 7) is 5.36. The summed E-state index contributed by atoms with van der Waals surface area (Å²) in [5, 5.41) is 5.21. The monoisotopic (exact) mass is 283 g/mol. The van der Waals surface area contributed by atoms with Crippen LogP contribution in [0.25, 0.3) is 0 Å². The summed E-state index contributed by atoms with van der Waals surface area (Å²) in [5.74, 6) is -0.402. The molecule has 1 N–H and O–H groups in total. The first-order valence-electron chi connectivity index (χ1n) is 6.34. The van der Waals surface area contributed by atoms with E-state index in [4.69, 9.17) is 4.74 Å². The molecule has 1 aromatic heterocycles. The minimum Gasteiger partial charge on any atom is -0.461 e. The molecule has 1 saturated heterocycles. The number of nitrogens with one attached hydrogen (secondary N) is 1. The third kappa shape index (κ3) is 2.86. The van der Waals surface area contributed by atoms with Crippen molar-refractivity contribution in [1.29, 1.82) is 0 Å². The molecular weight excluding hydrogens is 266 g/mol. The molecule has 1 fully saturated rings. The van der Waals surface area contributed by atoms with E-state index in [2.05, 4.69) is 10.3 Å². The Hall–Kier alpha value is -1.63. The zero-order valence-electron chi connectivity index (χ0n) is 11.0. The number of ether oxygens (including phenoxy) is 1. The van der Waals surface area contributed by atoms with Crippen LogP contribution in [0.1, 0.15) is 30.8 Å². The molecule has 1 atom stereocenters. The van der Waals surface area contributed by atoms with Crippen LogP contribution in [0, 0.1) is 0 Å². The van der Waals surface area contributed by atoms with Gasteiger partial charge in [0.25, 0.3) is 0 Å². The van der Waals surface area contributed by atoms with Gasteiger partial charge in [-0.3, -0.25) is 4.79 Å². The van der Waals surface area contributed by atoms with Crippen LogP contribution in [0.5, 0.6) is 0 Å². The van der Waals surface area contributed by atoms with Crippen molar-refractivity contribution >= 4 is 28.3 Å². The van der Waals surface area contributed by atoms with Crippen molar-refractivity contribution in [1.82, 2.24) is 10.3 Å². The lowest BCUT2D eigenvalue weighted by atomic mass is 10.1. The predicted octanol–water partition coefficient (Wildman–Crippen LogP) is 1.03. The van der Waals surface area contributed by atoms with Crippen LogP contribution < -0.4 is 10.2 Å². The van der Waals surface area contributed by atoms with Crippen molar-refractivity contribution in [3.8, 4) is 0 Å². The van der Waals surface area contributed by atoms with Gasteiger partial charge in [0.15, 0.2) is 10.8 Å². The molecule has 104 valence electrons. The van der Waals surface area contributed by atoms with Gasteiger partial charge in [-0.2, -0.15) is 0 Å². The van der Waals surface area contributed by atoms with Gasteiger partial charge in [-0.05, 0) is 13.3 Å². The van der Waals surface area contributed by atoms with Gasteiger partial charge in [-0.15, -0.1) is 11.3 Å². The molecule has 0 bridgehead atoms. The maximum atomic E-state index is 11.8. The highest BCUT2D eigenvalue weighted by Gasteiger charge is 2.30. The molecule has 0 aliphatic carbocycles. The Balaban J connectivity index is 2.17. The normalized spacial score (nSPS) is 19.2. The number of hydrogen-bond acceptors (Lipinski definition) is 6. The average molecular weight is 283 g/mol. The third-order valence-electron chi connectivity index (χ3n) is 2.94. The lowest BCUT2D eigenvalue weighted by Gasteiger charge is -2.34. The van der Waals surface area contributed by atoms with Gasteiger partial charge in [-0.1, -0.05) is 6.92 Å². The zero-order valence-corrected chi connectivity index (χ0v) is 11.8. The Morgan fingerprint density at radius 2 is 2.42 bits per heavy atom. The van der Waals surface area contributed by atoms with E-state index in [1.165, 1.54) is 11.3 Å². The van der Waals surface area contributed by atoms with Gasteiger partial charge in [0, 0.05) is 18.5 Å². The lowest BCUT2D eigenvalue weighted by molar-refractivity contribution is -0.123. The Bertz CT molecular complexity index is 475. The van der Waals surface area contributed by atoms with Gasteiger partial charge in [0.1, 0.15) is 6.04 Å². The van der Waals surface area contributed by atoms with Crippen molar-refractivity contribution in [3.05, 3.63) is 11.1 Å². The van der Waals surface area contributed by atoms with Crippen LogP contribution in [0.4, 0.5) is 5.13 Å². The van der Waals surface area contributed by atoms with E-state index >= 15 is 0 Å². The van der Waals surface area contributed by atoms with Crippen LogP contribution in [-0.4, -0.2) is 42.6 Å². The number of piperazine rings is 1. The first-order chi connectivity index (χ1) is 9.17. The number of rotatable bonds is 4. The van der Waals surface area contributed by atoms with E-state index in [1.807, 2.05) is 11.8 Å². The van der Waals surface area contributed by atoms with E-state index in [-0.39, 0.29) is 11.9 Å². The number of carbonyl (C=O) groups is 2. The second-order valence-electron chi connectivity index (χ2n) is 4.14. The van der Waals surface area contributed by atoms with Gasteiger partial charge in [0.05, 0.1) is 6.61 Å². The maximum absolute atomic E-state index is 11.8. The molecule has 1 aliphatic rings. The molecule has 0 saturated carbocycles. The lowest BCUT2D eigenvalue weighted by Crippen LogP contribution is -2.55. The third-order valence-corrected chi connectivity index (χ3v) is 3.82. The van der Waals surface area contributed by atoms with Crippen molar-refractivity contribution < 1.29 is 14.3 Å². The number of thiazole rings is 1. The number of esters is 1. The fourth-order valence-corrected chi connectivity index (χ4v) is 2.92. The highest BCUT2D eigenvalue weighted by Crippen LogP contribution is 2.25. The molecule has 0 aromatic carbocycles. The van der Waals surface area contributed by atoms with Crippen LogP contribution in [0.2, 0.25) is 0 Å². The Morgan fingerprint density at radius 1 is 1.63 bits per heavy atom. The minimum absolute atomic E-state index is 0.0154. The molecule has 2 rings (SSSR count). The largest absolute Gasteiger partial charge is 0.461 e. The molecular formula is C12H17N3O3S. The maximum Gasteiger partial charge on any atom is 0.357 e. The average Bonchev–Trinajstić information content (AvgIpc) is 2.88. The first kappa shape index (κ1) is 13.8. The smallest absolute Gasteiger partial charge is 0.357 e. The van der Waals surface area contributed by atoms with Crippen LogP contribution >= 0.6 is 11.3 Å². The van der Waals surface area contributed by atoms with Crippen molar-refractivity contribution in [2.75, 3.05) is 24.6 Å². The molecule has 0 spiro atoms. The molecule has 6 nitrogen and oxygen atoms in total. The van der Waals surface area contributed by atoms with Gasteiger partial charge < -0.3 is 15.0 Å². The van der Waals surface area contributed by atoms with Crippen molar-refractivity contribution in [2.24, 2.45) is 0 Å². The van der Waals surface area contributed by atoms with E-state index in [9.17, 15) is 9.59 Å². The SMILES string of the molecule is CCOC(=O)c1csc(N2CCNC(=O)C2CC)n1. The van der Waals surface area contributed by atoms with E-state index in [0.29, 0.717) is 36.9 Å². The summed E-state index contributed by atoms with van der Waals surface area (Å²) >= 11 is 1.37. The van der Waals surface area contributed by atoms with Crippen molar-refractivity contribution in [2.45, 2.75) is 26.3 Å². The fraction of sp³-hybridized carbons (Fsp3) is 0.583. The second kappa shape index (κ2) is 6.01. The van der Waals surface area contributed by atoms with Gasteiger partial charge >= 0.3 is 5.97 Å². The van der Waals surface area contributed by atoms with Crippen LogP contribution in [-0.2, 0) is 9.53 Å². The van der Waals surface area contributed by atoms with E-state index < -0.39 is 5.97 Å². The standard InChI is InChI=1S/C12H17N3O3S/c1-3-9-10(16)13-5-6-15(9)12-14-8(7-19-12)11(17)18-4-2/h7,9H,3-6H2,1-2H3,(H,13,16). The molecule has 0 radical (unpaired) electrons. The topological polar surface area (TPSA) is 71.5 Å². The zero-order chi connectivity index (χ0) is 13.8. The van der Waals surface area contributed by atoms with Gasteiger partial charge in [0.2, 0.25) is 5.91 Å². The molecule has 2 heterocycles. The Morgan fingerprint density at radius 3 is 3.11 bits per heavy atom. The molecule has 7 heteroatoms. The number of hydrogen-bond donors (Lipinski definition) is 1. The predicted molar refractivity (Wildman–Crippen MR) is 72.5 cm³/mol. The second-order valence-corrected chi connectivity index (χ2v) is 4.98. The summed E-state index contributed by atoms with van der Waals surface area (Å²) in [5.41, 5.74) is 0.308. The van der Waals surface area contributed by atoms with Gasteiger partial charge in [-0.25, -0.2) is 9.78 Å².